The van der Waals surface area contributed by atoms with Crippen molar-refractivity contribution in [3.05, 3.63) is 70.7 Å². The van der Waals surface area contributed by atoms with Crippen LogP contribution in [0.2, 0.25) is 5.02 Å². The Morgan fingerprint density at radius 1 is 1.07 bits per heavy atom. The number of aliphatic hydroxyl groups is 1. The van der Waals surface area contributed by atoms with Crippen molar-refractivity contribution >= 4 is 23.4 Å². The Labute approximate surface area is 171 Å². The molecule has 0 bridgehead atoms. The molecule has 0 spiro atoms. The van der Waals surface area contributed by atoms with Crippen LogP contribution in [0, 0.1) is 0 Å². The Morgan fingerprint density at radius 2 is 1.75 bits per heavy atom. The van der Waals surface area contributed by atoms with Gasteiger partial charge in [0.05, 0.1) is 0 Å². The maximum absolute atomic E-state index is 12.9. The van der Waals surface area contributed by atoms with Gasteiger partial charge in [0, 0.05) is 37.6 Å². The number of nitrogens with one attached hydrogen (secondary N) is 1. The number of carbonyl (C=O) groups excluding carboxylic acids is 2. The summed E-state index contributed by atoms with van der Waals surface area (Å²) in [5, 5.41) is 12.4. The van der Waals surface area contributed by atoms with Gasteiger partial charge in [0.1, 0.15) is 6.04 Å². The molecule has 0 aliphatic carbocycles. The smallest absolute Gasteiger partial charge is 0.243 e. The molecule has 0 heterocycles. The summed E-state index contributed by atoms with van der Waals surface area (Å²) < 4.78 is 0. The third-order valence-electron chi connectivity index (χ3n) is 4.47. The minimum atomic E-state index is -0.635. The summed E-state index contributed by atoms with van der Waals surface area (Å²) in [6, 6.07) is 16.3. The second-order valence-electron chi connectivity index (χ2n) is 6.58. The van der Waals surface area contributed by atoms with Gasteiger partial charge in [-0.05, 0) is 29.7 Å². The van der Waals surface area contributed by atoms with Crippen LogP contribution >= 0.6 is 11.6 Å². The van der Waals surface area contributed by atoms with E-state index in [9.17, 15) is 9.59 Å². The summed E-state index contributed by atoms with van der Waals surface area (Å²) in [7, 11) is 0. The zero-order chi connectivity index (χ0) is 20.4. The van der Waals surface area contributed by atoms with Crippen LogP contribution in [0.15, 0.2) is 54.6 Å². The molecule has 0 aromatic heterocycles. The Hall–Kier alpha value is -2.37. The number of hydrogen-bond donors (Lipinski definition) is 2. The minimum absolute atomic E-state index is 0.00596. The maximum Gasteiger partial charge on any atom is 0.243 e. The van der Waals surface area contributed by atoms with Crippen LogP contribution in [-0.4, -0.2) is 41.0 Å². The van der Waals surface area contributed by atoms with E-state index in [4.69, 9.17) is 16.7 Å². The fourth-order valence-electron chi connectivity index (χ4n) is 2.95. The number of nitrogens with zero attached hydrogens (tertiary/aromatic N) is 1. The molecular weight excluding hydrogens is 376 g/mol. The lowest BCUT2D eigenvalue weighted by Gasteiger charge is -2.31. The van der Waals surface area contributed by atoms with Gasteiger partial charge in [-0.2, -0.15) is 0 Å². The van der Waals surface area contributed by atoms with E-state index in [1.807, 2.05) is 42.5 Å². The third kappa shape index (κ3) is 6.66. The number of amides is 2. The van der Waals surface area contributed by atoms with Crippen molar-refractivity contribution in [1.29, 1.82) is 0 Å². The van der Waals surface area contributed by atoms with Gasteiger partial charge in [0.15, 0.2) is 0 Å². The topological polar surface area (TPSA) is 69.6 Å². The van der Waals surface area contributed by atoms with Crippen LogP contribution in [0.3, 0.4) is 0 Å². The highest BCUT2D eigenvalue weighted by Gasteiger charge is 2.29. The molecule has 2 N–H and O–H groups in total. The van der Waals surface area contributed by atoms with Crippen LogP contribution in [-0.2, 0) is 22.6 Å². The highest BCUT2D eigenvalue weighted by molar-refractivity contribution is 6.30. The molecule has 2 aromatic rings. The molecule has 6 heteroatoms. The van der Waals surface area contributed by atoms with E-state index in [0.717, 1.165) is 11.1 Å². The summed E-state index contributed by atoms with van der Waals surface area (Å²) in [6.07, 6.45) is 1.20. The van der Waals surface area contributed by atoms with Crippen molar-refractivity contribution in [1.82, 2.24) is 10.2 Å². The normalized spacial score (nSPS) is 11.7. The molecule has 0 fully saturated rings. The fourth-order valence-corrected chi connectivity index (χ4v) is 3.08. The van der Waals surface area contributed by atoms with Crippen molar-refractivity contribution in [2.45, 2.75) is 38.8 Å². The van der Waals surface area contributed by atoms with Crippen LogP contribution in [0.5, 0.6) is 0 Å². The Bertz CT molecular complexity index is 750. The second kappa shape index (κ2) is 11.5. The van der Waals surface area contributed by atoms with E-state index in [0.29, 0.717) is 37.4 Å². The first-order valence-electron chi connectivity index (χ1n) is 9.51. The molecule has 0 saturated carbocycles. The lowest BCUT2D eigenvalue weighted by atomic mass is 10.0. The van der Waals surface area contributed by atoms with Crippen LogP contribution in [0.4, 0.5) is 0 Å². The molecule has 1 atom stereocenters. The van der Waals surface area contributed by atoms with Crippen LogP contribution in [0.1, 0.15) is 30.9 Å². The van der Waals surface area contributed by atoms with Gasteiger partial charge in [0.25, 0.3) is 0 Å². The van der Waals surface area contributed by atoms with Crippen LogP contribution < -0.4 is 5.32 Å². The molecule has 2 amide bonds. The summed E-state index contributed by atoms with van der Waals surface area (Å²) in [5.41, 5.74) is 1.89. The molecular formula is C22H27ClN2O3. The SMILES string of the molecule is CCC(=O)N(Cc1ccc(Cl)cc1)[C@@H](Cc1ccccc1)C(=O)NCCCO. The summed E-state index contributed by atoms with van der Waals surface area (Å²) in [5.74, 6) is -0.304. The summed E-state index contributed by atoms with van der Waals surface area (Å²) in [6.45, 7) is 2.50. The van der Waals surface area contributed by atoms with E-state index in [1.54, 1.807) is 24.0 Å². The molecule has 28 heavy (non-hydrogen) atoms. The standard InChI is InChI=1S/C22H27ClN2O3/c1-2-21(27)25(16-18-9-11-19(23)12-10-18)20(22(28)24-13-6-14-26)15-17-7-4-3-5-8-17/h3-5,7-12,20,26H,2,6,13-16H2,1H3,(H,24,28)/t20-/m0/s1. The van der Waals surface area contributed by atoms with E-state index in [-0.39, 0.29) is 18.4 Å². The lowest BCUT2D eigenvalue weighted by Crippen LogP contribution is -2.50. The first-order valence-corrected chi connectivity index (χ1v) is 9.89. The highest BCUT2D eigenvalue weighted by atomic mass is 35.5. The molecule has 0 aliphatic rings. The Morgan fingerprint density at radius 3 is 2.36 bits per heavy atom. The summed E-state index contributed by atoms with van der Waals surface area (Å²) in [4.78, 5) is 27.3. The molecule has 0 radical (unpaired) electrons. The third-order valence-corrected chi connectivity index (χ3v) is 4.73. The number of halogens is 1. The molecule has 0 saturated heterocycles. The van der Waals surface area contributed by atoms with E-state index < -0.39 is 6.04 Å². The van der Waals surface area contributed by atoms with Gasteiger partial charge in [0.2, 0.25) is 11.8 Å². The molecule has 2 rings (SSSR count). The minimum Gasteiger partial charge on any atom is -0.396 e. The number of benzene rings is 2. The number of hydrogen-bond acceptors (Lipinski definition) is 3. The van der Waals surface area contributed by atoms with Gasteiger partial charge >= 0.3 is 0 Å². The Balaban J connectivity index is 2.28. The largest absolute Gasteiger partial charge is 0.396 e. The number of rotatable bonds is 10. The van der Waals surface area contributed by atoms with Gasteiger partial charge in [-0.3, -0.25) is 9.59 Å². The maximum atomic E-state index is 12.9. The molecule has 5 nitrogen and oxygen atoms in total. The van der Waals surface area contributed by atoms with Gasteiger partial charge in [-0.1, -0.05) is 61.0 Å². The zero-order valence-corrected chi connectivity index (χ0v) is 16.9. The molecule has 2 aromatic carbocycles. The number of carbonyl (C=O) groups is 2. The Kier molecular flexibility index (Phi) is 8.98. The lowest BCUT2D eigenvalue weighted by molar-refractivity contribution is -0.141. The first kappa shape index (κ1) is 21.9. The van der Waals surface area contributed by atoms with Crippen LogP contribution in [0.25, 0.3) is 0 Å². The highest BCUT2D eigenvalue weighted by Crippen LogP contribution is 2.17. The van der Waals surface area contributed by atoms with E-state index in [1.165, 1.54) is 0 Å². The van der Waals surface area contributed by atoms with E-state index in [2.05, 4.69) is 5.32 Å². The number of aliphatic hydroxyl groups excluding tert-OH is 1. The average molecular weight is 403 g/mol. The molecule has 0 unspecified atom stereocenters. The quantitative estimate of drug-likeness (QED) is 0.599. The van der Waals surface area contributed by atoms with Gasteiger partial charge < -0.3 is 15.3 Å². The van der Waals surface area contributed by atoms with Crippen molar-refractivity contribution in [2.24, 2.45) is 0 Å². The van der Waals surface area contributed by atoms with Crippen molar-refractivity contribution in [2.75, 3.05) is 13.2 Å². The van der Waals surface area contributed by atoms with Crippen molar-refractivity contribution in [3.63, 3.8) is 0 Å². The van der Waals surface area contributed by atoms with Crippen molar-refractivity contribution < 1.29 is 14.7 Å². The summed E-state index contributed by atoms with van der Waals surface area (Å²) >= 11 is 5.96. The predicted molar refractivity (Wildman–Crippen MR) is 111 cm³/mol. The predicted octanol–water partition coefficient (Wildman–Crippen LogP) is 3.19. The van der Waals surface area contributed by atoms with Gasteiger partial charge in [-0.25, -0.2) is 0 Å². The average Bonchev–Trinajstić information content (AvgIpc) is 2.72. The zero-order valence-electron chi connectivity index (χ0n) is 16.1. The first-order chi connectivity index (χ1) is 13.5. The van der Waals surface area contributed by atoms with E-state index >= 15 is 0 Å². The molecule has 0 aliphatic heterocycles. The van der Waals surface area contributed by atoms with Gasteiger partial charge in [-0.15, -0.1) is 0 Å². The van der Waals surface area contributed by atoms with Crippen molar-refractivity contribution in [3.8, 4) is 0 Å². The second-order valence-corrected chi connectivity index (χ2v) is 7.01. The molecule has 150 valence electrons. The monoisotopic (exact) mass is 402 g/mol. The fraction of sp³-hybridized carbons (Fsp3) is 0.364.